The van der Waals surface area contributed by atoms with Crippen molar-refractivity contribution in [3.05, 3.63) is 12.2 Å². The summed E-state index contributed by atoms with van der Waals surface area (Å²) in [6.07, 6.45) is 4.39. The maximum absolute atomic E-state index is 12.2. The first-order valence-electron chi connectivity index (χ1n) is 6.28. The van der Waals surface area contributed by atoms with Crippen LogP contribution in [0.2, 0.25) is 0 Å². The van der Waals surface area contributed by atoms with Crippen molar-refractivity contribution in [3.63, 3.8) is 0 Å². The van der Waals surface area contributed by atoms with Crippen LogP contribution in [0.25, 0.3) is 0 Å². The van der Waals surface area contributed by atoms with Crippen molar-refractivity contribution in [2.75, 3.05) is 6.54 Å². The molecule has 2 bridgehead atoms. The molecular formula is C13H17NO3. The van der Waals surface area contributed by atoms with E-state index >= 15 is 0 Å². The number of imide groups is 1. The summed E-state index contributed by atoms with van der Waals surface area (Å²) < 4.78 is 5.57. The summed E-state index contributed by atoms with van der Waals surface area (Å²) in [5, 5.41) is 0. The predicted molar refractivity (Wildman–Crippen MR) is 61.0 cm³/mol. The van der Waals surface area contributed by atoms with Gasteiger partial charge in [-0.15, -0.1) is 0 Å². The molecule has 4 nitrogen and oxygen atoms in total. The first kappa shape index (κ1) is 11.0. The Balaban J connectivity index is 1.78. The van der Waals surface area contributed by atoms with Gasteiger partial charge in [0.2, 0.25) is 11.8 Å². The van der Waals surface area contributed by atoms with E-state index in [0.29, 0.717) is 12.5 Å². The fourth-order valence-electron chi connectivity index (χ4n) is 2.97. The Labute approximate surface area is 101 Å². The van der Waals surface area contributed by atoms with Crippen LogP contribution < -0.4 is 0 Å². The zero-order valence-corrected chi connectivity index (χ0v) is 10.1. The molecule has 0 aromatic carbocycles. The molecule has 0 radical (unpaired) electrons. The van der Waals surface area contributed by atoms with Crippen molar-refractivity contribution in [2.45, 2.75) is 32.5 Å². The molecule has 4 heteroatoms. The minimum Gasteiger partial charge on any atom is -0.365 e. The minimum atomic E-state index is -0.246. The van der Waals surface area contributed by atoms with Crippen molar-refractivity contribution in [3.8, 4) is 0 Å². The highest BCUT2D eigenvalue weighted by Gasteiger charge is 2.60. The zero-order valence-electron chi connectivity index (χ0n) is 10.1. The molecule has 92 valence electrons. The highest BCUT2D eigenvalue weighted by Crippen LogP contribution is 2.45. The van der Waals surface area contributed by atoms with Gasteiger partial charge in [0.25, 0.3) is 0 Å². The molecule has 0 N–H and O–H groups in total. The van der Waals surface area contributed by atoms with Crippen LogP contribution in [0.5, 0.6) is 0 Å². The van der Waals surface area contributed by atoms with Crippen LogP contribution in [0.4, 0.5) is 0 Å². The van der Waals surface area contributed by atoms with Crippen molar-refractivity contribution in [2.24, 2.45) is 17.8 Å². The summed E-state index contributed by atoms with van der Waals surface area (Å²) in [5.74, 6) is -0.0496. The molecule has 3 heterocycles. The van der Waals surface area contributed by atoms with Crippen LogP contribution >= 0.6 is 0 Å². The molecule has 0 aliphatic carbocycles. The second-order valence-corrected chi connectivity index (χ2v) is 5.51. The SMILES string of the molecule is CC(C)CCN1C(=O)C2C3C=CC(O3)C2C1=O. The number of nitrogens with zero attached hydrogens (tertiary/aromatic N) is 1. The van der Waals surface area contributed by atoms with E-state index in [1.807, 2.05) is 12.2 Å². The van der Waals surface area contributed by atoms with E-state index in [1.165, 1.54) is 4.90 Å². The van der Waals surface area contributed by atoms with Crippen LogP contribution in [0.3, 0.4) is 0 Å². The van der Waals surface area contributed by atoms with E-state index in [2.05, 4.69) is 13.8 Å². The lowest BCUT2D eigenvalue weighted by atomic mass is 9.85. The van der Waals surface area contributed by atoms with Gasteiger partial charge in [0.15, 0.2) is 0 Å². The molecule has 0 aromatic rings. The lowest BCUT2D eigenvalue weighted by molar-refractivity contribution is -0.142. The molecule has 3 rings (SSSR count). The third-order valence-electron chi connectivity index (χ3n) is 3.93. The zero-order chi connectivity index (χ0) is 12.2. The second-order valence-electron chi connectivity index (χ2n) is 5.51. The highest BCUT2D eigenvalue weighted by atomic mass is 16.5. The minimum absolute atomic E-state index is 0.0301. The molecule has 3 aliphatic heterocycles. The number of hydrogen-bond donors (Lipinski definition) is 0. The van der Waals surface area contributed by atoms with Gasteiger partial charge >= 0.3 is 0 Å². The molecule has 2 amide bonds. The molecule has 4 atom stereocenters. The first-order chi connectivity index (χ1) is 8.09. The Morgan fingerprint density at radius 3 is 2.18 bits per heavy atom. The lowest BCUT2D eigenvalue weighted by Gasteiger charge is -2.18. The van der Waals surface area contributed by atoms with E-state index in [9.17, 15) is 9.59 Å². The summed E-state index contributed by atoms with van der Waals surface area (Å²) >= 11 is 0. The Morgan fingerprint density at radius 1 is 1.18 bits per heavy atom. The third-order valence-corrected chi connectivity index (χ3v) is 3.93. The molecule has 4 unspecified atom stereocenters. The van der Waals surface area contributed by atoms with Crippen LogP contribution in [0, 0.1) is 17.8 Å². The van der Waals surface area contributed by atoms with Crippen molar-refractivity contribution >= 4 is 11.8 Å². The van der Waals surface area contributed by atoms with Crippen LogP contribution in [0.15, 0.2) is 12.2 Å². The Bertz CT molecular complexity index is 371. The van der Waals surface area contributed by atoms with Gasteiger partial charge in [-0.3, -0.25) is 14.5 Å². The summed E-state index contributed by atoms with van der Waals surface area (Å²) in [4.78, 5) is 25.8. The molecule has 0 saturated carbocycles. The Hall–Kier alpha value is -1.16. The number of fused-ring (bicyclic) bond motifs is 5. The van der Waals surface area contributed by atoms with E-state index in [1.54, 1.807) is 0 Å². The number of ether oxygens (including phenoxy) is 1. The molecule has 17 heavy (non-hydrogen) atoms. The topological polar surface area (TPSA) is 46.6 Å². The Kier molecular flexibility index (Phi) is 2.36. The van der Waals surface area contributed by atoms with E-state index < -0.39 is 0 Å². The second kappa shape index (κ2) is 3.67. The maximum Gasteiger partial charge on any atom is 0.236 e. The van der Waals surface area contributed by atoms with Crippen molar-refractivity contribution < 1.29 is 14.3 Å². The number of amides is 2. The molecular weight excluding hydrogens is 218 g/mol. The monoisotopic (exact) mass is 235 g/mol. The maximum atomic E-state index is 12.2. The first-order valence-corrected chi connectivity index (χ1v) is 6.28. The van der Waals surface area contributed by atoms with Crippen LogP contribution in [0.1, 0.15) is 20.3 Å². The number of carbonyl (C=O) groups is 2. The van der Waals surface area contributed by atoms with Crippen molar-refractivity contribution in [1.29, 1.82) is 0 Å². The third kappa shape index (κ3) is 1.47. The van der Waals surface area contributed by atoms with E-state index in [4.69, 9.17) is 4.74 Å². The average Bonchev–Trinajstić information content (AvgIpc) is 2.92. The van der Waals surface area contributed by atoms with Crippen LogP contribution in [-0.4, -0.2) is 35.5 Å². The highest BCUT2D eigenvalue weighted by molar-refractivity contribution is 6.06. The number of hydrogen-bond acceptors (Lipinski definition) is 3. The summed E-state index contributed by atoms with van der Waals surface area (Å²) in [5.41, 5.74) is 0. The molecule has 2 saturated heterocycles. The quantitative estimate of drug-likeness (QED) is 0.541. The lowest BCUT2D eigenvalue weighted by Crippen LogP contribution is -2.35. The molecule has 0 aromatic heterocycles. The van der Waals surface area contributed by atoms with Gasteiger partial charge in [-0.1, -0.05) is 26.0 Å². The fourth-order valence-corrected chi connectivity index (χ4v) is 2.97. The van der Waals surface area contributed by atoms with E-state index in [0.717, 1.165) is 6.42 Å². The van der Waals surface area contributed by atoms with Gasteiger partial charge < -0.3 is 4.74 Å². The largest absolute Gasteiger partial charge is 0.365 e. The van der Waals surface area contributed by atoms with Gasteiger partial charge in [-0.05, 0) is 12.3 Å². The molecule has 0 spiro atoms. The van der Waals surface area contributed by atoms with Gasteiger partial charge in [-0.2, -0.15) is 0 Å². The standard InChI is InChI=1S/C13H17NO3/c1-7(2)5-6-14-12(15)10-8-3-4-9(17-8)11(10)13(14)16/h3-4,7-11H,5-6H2,1-2H3. The molecule has 2 fully saturated rings. The van der Waals surface area contributed by atoms with E-state index in [-0.39, 0.29) is 35.9 Å². The smallest absolute Gasteiger partial charge is 0.236 e. The molecule has 3 aliphatic rings. The summed E-state index contributed by atoms with van der Waals surface area (Å²) in [6, 6.07) is 0. The Morgan fingerprint density at radius 2 is 1.71 bits per heavy atom. The van der Waals surface area contributed by atoms with Gasteiger partial charge in [0.1, 0.15) is 0 Å². The normalized spacial score (nSPS) is 38.6. The van der Waals surface area contributed by atoms with Gasteiger partial charge in [-0.25, -0.2) is 0 Å². The summed E-state index contributed by atoms with van der Waals surface area (Å²) in [6.45, 7) is 4.75. The van der Waals surface area contributed by atoms with Gasteiger partial charge in [0, 0.05) is 6.54 Å². The number of carbonyl (C=O) groups excluding carboxylic acids is 2. The number of rotatable bonds is 3. The van der Waals surface area contributed by atoms with Crippen LogP contribution in [-0.2, 0) is 14.3 Å². The number of likely N-dealkylation sites (tertiary alicyclic amines) is 1. The van der Waals surface area contributed by atoms with Gasteiger partial charge in [0.05, 0.1) is 24.0 Å². The fraction of sp³-hybridized carbons (Fsp3) is 0.692. The predicted octanol–water partition coefficient (Wildman–Crippen LogP) is 0.971. The van der Waals surface area contributed by atoms with Crippen molar-refractivity contribution in [1.82, 2.24) is 4.90 Å². The summed E-state index contributed by atoms with van der Waals surface area (Å²) in [7, 11) is 0. The average molecular weight is 235 g/mol.